The molecule has 3 heteroatoms. The van der Waals surface area contributed by atoms with Gasteiger partial charge in [-0.2, -0.15) is 5.26 Å². The number of nitrogens with zero attached hydrogens (tertiary/aromatic N) is 1. The minimum absolute atomic E-state index is 0.208. The highest BCUT2D eigenvalue weighted by molar-refractivity contribution is 6.10. The van der Waals surface area contributed by atoms with Gasteiger partial charge < -0.3 is 4.42 Å². The number of para-hydroxylation sites is 1. The molecule has 0 aliphatic rings. The van der Waals surface area contributed by atoms with Gasteiger partial charge in [-0.3, -0.25) is 4.79 Å². The zero-order valence-electron chi connectivity index (χ0n) is 9.15. The maximum absolute atomic E-state index is 12.1. The van der Waals surface area contributed by atoms with Crippen LogP contribution in [0.3, 0.4) is 0 Å². The normalized spacial score (nSPS) is 11.3. The predicted molar refractivity (Wildman–Crippen MR) is 59.9 cm³/mol. The molecule has 16 heavy (non-hydrogen) atoms. The molecule has 0 saturated heterocycles. The van der Waals surface area contributed by atoms with Crippen LogP contribution in [0.2, 0.25) is 0 Å². The Morgan fingerprint density at radius 3 is 2.75 bits per heavy atom. The molecule has 80 valence electrons. The van der Waals surface area contributed by atoms with Gasteiger partial charge in [0.1, 0.15) is 17.3 Å². The van der Waals surface area contributed by atoms with Crippen molar-refractivity contribution in [1.29, 1.82) is 5.26 Å². The maximum atomic E-state index is 12.1. The molecule has 0 radical (unpaired) electrons. The molecule has 1 aromatic carbocycles. The Balaban J connectivity index is 2.58. The minimum atomic E-state index is -1.02. The Bertz CT molecular complexity index is 587. The van der Waals surface area contributed by atoms with Crippen LogP contribution in [0.15, 0.2) is 34.9 Å². The number of carbonyl (C=O) groups excluding carboxylic acids is 1. The smallest absolute Gasteiger partial charge is 0.186 e. The van der Waals surface area contributed by atoms with Gasteiger partial charge in [-0.05, 0) is 19.9 Å². The van der Waals surface area contributed by atoms with Crippen LogP contribution in [0.4, 0.5) is 0 Å². The van der Waals surface area contributed by atoms with E-state index in [-0.39, 0.29) is 5.78 Å². The predicted octanol–water partition coefficient (Wildman–Crippen LogP) is 3.17. The van der Waals surface area contributed by atoms with Gasteiger partial charge in [0.05, 0.1) is 11.6 Å². The van der Waals surface area contributed by atoms with Crippen LogP contribution in [0, 0.1) is 16.7 Å². The van der Waals surface area contributed by atoms with Crippen LogP contribution in [0.25, 0.3) is 11.0 Å². The molecule has 1 heterocycles. The first-order chi connectivity index (χ1) is 7.56. The Labute approximate surface area is 93.3 Å². The van der Waals surface area contributed by atoms with Crippen molar-refractivity contribution in [2.24, 2.45) is 5.41 Å². The molecule has 3 nitrogen and oxygen atoms in total. The van der Waals surface area contributed by atoms with Crippen LogP contribution in [0.1, 0.15) is 24.2 Å². The summed E-state index contributed by atoms with van der Waals surface area (Å²) in [7, 11) is 0. The number of rotatable bonds is 2. The second kappa shape index (κ2) is 3.49. The molecule has 0 spiro atoms. The van der Waals surface area contributed by atoms with E-state index < -0.39 is 5.41 Å². The Hall–Kier alpha value is -2.08. The topological polar surface area (TPSA) is 54.0 Å². The van der Waals surface area contributed by atoms with Gasteiger partial charge in [0, 0.05) is 5.39 Å². The minimum Gasteiger partial charge on any atom is -0.464 e. The molecular formula is C13H11NO2. The molecule has 0 fully saturated rings. The SMILES string of the molecule is CC(C)(C#N)C(=O)c1coc2ccccc12. The lowest BCUT2D eigenvalue weighted by molar-refractivity contribution is 0.0892. The first kappa shape index (κ1) is 10.4. The van der Waals surface area contributed by atoms with E-state index in [1.165, 1.54) is 6.26 Å². The zero-order valence-corrected chi connectivity index (χ0v) is 9.15. The quantitative estimate of drug-likeness (QED) is 0.720. The maximum Gasteiger partial charge on any atom is 0.186 e. The van der Waals surface area contributed by atoms with Crippen LogP contribution in [-0.4, -0.2) is 5.78 Å². The first-order valence-corrected chi connectivity index (χ1v) is 4.98. The summed E-state index contributed by atoms with van der Waals surface area (Å²) in [6.45, 7) is 3.22. The number of nitriles is 1. The average Bonchev–Trinajstić information content (AvgIpc) is 2.71. The summed E-state index contributed by atoms with van der Waals surface area (Å²) in [5.74, 6) is -0.208. The fraction of sp³-hybridized carbons (Fsp3) is 0.231. The van der Waals surface area contributed by atoms with Gasteiger partial charge in [-0.1, -0.05) is 18.2 Å². The molecule has 0 unspecified atom stereocenters. The second-order valence-corrected chi connectivity index (χ2v) is 4.21. The number of carbonyl (C=O) groups is 1. The van der Waals surface area contributed by atoms with Crippen LogP contribution in [0.5, 0.6) is 0 Å². The van der Waals surface area contributed by atoms with Crippen LogP contribution in [-0.2, 0) is 0 Å². The number of hydrogen-bond donors (Lipinski definition) is 0. The standard InChI is InChI=1S/C13H11NO2/c1-13(2,8-14)12(15)10-7-16-11-6-4-3-5-9(10)11/h3-7H,1-2H3. The summed E-state index contributed by atoms with van der Waals surface area (Å²) in [5, 5.41) is 9.69. The van der Waals surface area contributed by atoms with Gasteiger partial charge in [-0.25, -0.2) is 0 Å². The second-order valence-electron chi connectivity index (χ2n) is 4.21. The van der Waals surface area contributed by atoms with E-state index in [2.05, 4.69) is 0 Å². The van der Waals surface area contributed by atoms with Crippen molar-refractivity contribution in [3.8, 4) is 6.07 Å². The fourth-order valence-corrected chi connectivity index (χ4v) is 1.54. The fourth-order valence-electron chi connectivity index (χ4n) is 1.54. The number of ketones is 1. The van der Waals surface area contributed by atoms with Gasteiger partial charge in [0.2, 0.25) is 0 Å². The third kappa shape index (κ3) is 1.49. The van der Waals surface area contributed by atoms with Crippen molar-refractivity contribution in [1.82, 2.24) is 0 Å². The van der Waals surface area contributed by atoms with E-state index in [0.29, 0.717) is 11.1 Å². The summed E-state index contributed by atoms with van der Waals surface area (Å²) < 4.78 is 5.28. The van der Waals surface area contributed by atoms with Crippen molar-refractivity contribution in [3.05, 3.63) is 36.1 Å². The van der Waals surface area contributed by atoms with E-state index in [4.69, 9.17) is 9.68 Å². The van der Waals surface area contributed by atoms with E-state index in [0.717, 1.165) is 5.39 Å². The highest BCUT2D eigenvalue weighted by atomic mass is 16.3. The molecule has 0 N–H and O–H groups in total. The van der Waals surface area contributed by atoms with Gasteiger partial charge in [0.25, 0.3) is 0 Å². The lowest BCUT2D eigenvalue weighted by Gasteiger charge is -2.11. The molecule has 2 aromatic rings. The van der Waals surface area contributed by atoms with Crippen molar-refractivity contribution in [2.75, 3.05) is 0 Å². The summed E-state index contributed by atoms with van der Waals surface area (Å²) in [6.07, 6.45) is 1.42. The molecule has 0 aliphatic heterocycles. The summed E-state index contributed by atoms with van der Waals surface area (Å²) >= 11 is 0. The average molecular weight is 213 g/mol. The van der Waals surface area contributed by atoms with Crippen LogP contribution >= 0.6 is 0 Å². The number of furan rings is 1. The van der Waals surface area contributed by atoms with Crippen molar-refractivity contribution >= 4 is 16.8 Å². The Morgan fingerprint density at radius 2 is 2.06 bits per heavy atom. The number of hydrogen-bond acceptors (Lipinski definition) is 3. The van der Waals surface area contributed by atoms with Crippen LogP contribution < -0.4 is 0 Å². The van der Waals surface area contributed by atoms with Gasteiger partial charge in [-0.15, -0.1) is 0 Å². The highest BCUT2D eigenvalue weighted by Gasteiger charge is 2.30. The highest BCUT2D eigenvalue weighted by Crippen LogP contribution is 2.27. The lowest BCUT2D eigenvalue weighted by Crippen LogP contribution is -2.21. The molecule has 0 bridgehead atoms. The van der Waals surface area contributed by atoms with Crippen molar-refractivity contribution in [3.63, 3.8) is 0 Å². The number of fused-ring (bicyclic) bond motifs is 1. The van der Waals surface area contributed by atoms with E-state index in [9.17, 15) is 4.79 Å². The number of Topliss-reactive ketones (excluding diaryl/α,β-unsaturated/α-hetero) is 1. The van der Waals surface area contributed by atoms with E-state index >= 15 is 0 Å². The summed E-state index contributed by atoms with van der Waals surface area (Å²) in [4.78, 5) is 12.1. The molecule has 0 aliphatic carbocycles. The third-order valence-corrected chi connectivity index (χ3v) is 2.57. The van der Waals surface area contributed by atoms with Gasteiger partial charge >= 0.3 is 0 Å². The molecule has 1 aromatic heterocycles. The van der Waals surface area contributed by atoms with E-state index in [1.807, 2.05) is 24.3 Å². The molecular weight excluding hydrogens is 202 g/mol. The monoisotopic (exact) mass is 213 g/mol. The third-order valence-electron chi connectivity index (χ3n) is 2.57. The Kier molecular flexibility index (Phi) is 2.28. The van der Waals surface area contributed by atoms with Gasteiger partial charge in [0.15, 0.2) is 5.78 Å². The number of benzene rings is 1. The van der Waals surface area contributed by atoms with E-state index in [1.54, 1.807) is 19.9 Å². The van der Waals surface area contributed by atoms with Crippen molar-refractivity contribution in [2.45, 2.75) is 13.8 Å². The summed E-state index contributed by atoms with van der Waals surface area (Å²) in [6, 6.07) is 9.30. The Morgan fingerprint density at radius 1 is 1.38 bits per heavy atom. The summed E-state index contributed by atoms with van der Waals surface area (Å²) in [5.41, 5.74) is 0.119. The first-order valence-electron chi connectivity index (χ1n) is 4.98. The zero-order chi connectivity index (χ0) is 11.8. The molecule has 0 atom stereocenters. The largest absolute Gasteiger partial charge is 0.464 e. The lowest BCUT2D eigenvalue weighted by atomic mass is 9.86. The van der Waals surface area contributed by atoms with Crippen molar-refractivity contribution < 1.29 is 9.21 Å². The molecule has 0 amide bonds. The molecule has 0 saturated carbocycles. The molecule has 2 rings (SSSR count).